The number of sulfonamides is 1. The summed E-state index contributed by atoms with van der Waals surface area (Å²) in [5, 5.41) is 12.8. The molecule has 1 aliphatic carbocycles. The highest BCUT2D eigenvalue weighted by Crippen LogP contribution is 2.27. The molecule has 0 aromatic heterocycles. The molecule has 1 heterocycles. The molecule has 1 aliphatic heterocycles. The summed E-state index contributed by atoms with van der Waals surface area (Å²) in [5.41, 5.74) is 6.18. The molecule has 0 atom stereocenters. The first-order valence-electron chi connectivity index (χ1n) is 7.16. The Morgan fingerprint density at radius 1 is 1.39 bits per heavy atom. The molecular formula is C14H20N4O3S2. The van der Waals surface area contributed by atoms with E-state index in [4.69, 9.17) is 16.3 Å². The Balaban J connectivity index is 2.19. The number of rotatable bonds is 3. The third-order valence-electron chi connectivity index (χ3n) is 3.66. The number of hydrogen-bond acceptors (Lipinski definition) is 5. The Bertz CT molecular complexity index is 747. The summed E-state index contributed by atoms with van der Waals surface area (Å²) < 4.78 is 34.6. The molecule has 5 N–H and O–H groups in total. The topological polar surface area (TPSA) is 130 Å². The number of hydrogen-bond donors (Lipinski definition) is 3. The highest BCUT2D eigenvalue weighted by Gasteiger charge is 2.25. The van der Waals surface area contributed by atoms with E-state index >= 15 is 0 Å². The van der Waals surface area contributed by atoms with Crippen molar-refractivity contribution in [3.63, 3.8) is 0 Å². The lowest BCUT2D eigenvalue weighted by molar-refractivity contribution is 0.337. The maximum Gasteiger partial charge on any atom is 0.238 e. The van der Waals surface area contributed by atoms with Crippen LogP contribution in [-0.2, 0) is 20.8 Å². The summed E-state index contributed by atoms with van der Waals surface area (Å²) in [6, 6.07) is 0. The van der Waals surface area contributed by atoms with Crippen molar-refractivity contribution in [2.75, 3.05) is 31.1 Å². The molecule has 0 bridgehead atoms. The lowest BCUT2D eigenvalue weighted by Gasteiger charge is -2.23. The minimum Gasteiger partial charge on any atom is -0.384 e. The minimum atomic E-state index is -3.93. The van der Waals surface area contributed by atoms with Gasteiger partial charge >= 0.3 is 0 Å². The third-order valence-corrected chi connectivity index (χ3v) is 5.92. The molecule has 0 aromatic rings. The quantitative estimate of drug-likeness (QED) is 0.348. The van der Waals surface area contributed by atoms with Gasteiger partial charge in [-0.25, -0.2) is 13.6 Å². The predicted molar refractivity (Wildman–Crippen MR) is 91.5 cm³/mol. The molecule has 2 rings (SSSR count). The van der Waals surface area contributed by atoms with Gasteiger partial charge in [-0.05, 0) is 12.8 Å². The van der Waals surface area contributed by atoms with Crippen LogP contribution in [0.5, 0.6) is 0 Å². The predicted octanol–water partition coefficient (Wildman–Crippen LogP) is -0.747. The zero-order valence-electron chi connectivity index (χ0n) is 12.7. The van der Waals surface area contributed by atoms with Crippen LogP contribution in [0, 0.1) is 17.3 Å². The van der Waals surface area contributed by atoms with Gasteiger partial charge < -0.3 is 5.73 Å². The Morgan fingerprint density at radius 2 is 2.04 bits per heavy atom. The van der Waals surface area contributed by atoms with Crippen molar-refractivity contribution in [3.05, 3.63) is 22.1 Å². The molecule has 0 unspecified atom stereocenters. The van der Waals surface area contributed by atoms with Gasteiger partial charge in [0.05, 0.1) is 11.4 Å². The molecule has 0 radical (unpaired) electrons. The van der Waals surface area contributed by atoms with Crippen LogP contribution in [0.15, 0.2) is 22.1 Å². The van der Waals surface area contributed by atoms with Gasteiger partial charge in [0.2, 0.25) is 10.0 Å². The molecule has 0 spiro atoms. The summed E-state index contributed by atoms with van der Waals surface area (Å²) in [6.45, 7) is 1.99. The van der Waals surface area contributed by atoms with Gasteiger partial charge in [-0.3, -0.25) is 14.5 Å². The molecule has 126 valence electrons. The van der Waals surface area contributed by atoms with Gasteiger partial charge in [-0.1, -0.05) is 17.9 Å². The van der Waals surface area contributed by atoms with Gasteiger partial charge in [-0.15, -0.1) is 0 Å². The van der Waals surface area contributed by atoms with Gasteiger partial charge in [0.1, 0.15) is 5.84 Å². The minimum absolute atomic E-state index is 0.117. The second-order valence-electron chi connectivity index (χ2n) is 5.35. The Kier molecular flexibility index (Phi) is 5.75. The Hall–Kier alpha value is -1.47. The number of amidine groups is 1. The molecule has 1 fully saturated rings. The zero-order valence-corrected chi connectivity index (χ0v) is 14.3. The van der Waals surface area contributed by atoms with E-state index in [1.54, 1.807) is 0 Å². The van der Waals surface area contributed by atoms with E-state index in [2.05, 4.69) is 16.7 Å². The van der Waals surface area contributed by atoms with Crippen molar-refractivity contribution in [2.24, 2.45) is 10.9 Å². The molecule has 0 saturated carbocycles. The van der Waals surface area contributed by atoms with E-state index < -0.39 is 20.8 Å². The fourth-order valence-electron chi connectivity index (χ4n) is 2.49. The van der Waals surface area contributed by atoms with Crippen molar-refractivity contribution in [2.45, 2.75) is 12.8 Å². The number of primary sulfonamides is 1. The third kappa shape index (κ3) is 4.75. The second kappa shape index (κ2) is 7.40. The molecule has 7 nitrogen and oxygen atoms in total. The second-order valence-corrected chi connectivity index (χ2v) is 8.57. The highest BCUT2D eigenvalue weighted by molar-refractivity contribution is 7.93. The lowest BCUT2D eigenvalue weighted by atomic mass is 9.97. The average molecular weight is 356 g/mol. The Morgan fingerprint density at radius 3 is 2.61 bits per heavy atom. The molecule has 0 amide bonds. The lowest BCUT2D eigenvalue weighted by Crippen LogP contribution is -2.37. The number of nitrogens with two attached hydrogens (primary N) is 2. The van der Waals surface area contributed by atoms with Crippen LogP contribution < -0.4 is 10.9 Å². The van der Waals surface area contributed by atoms with Gasteiger partial charge in [-0.2, -0.15) is 0 Å². The summed E-state index contributed by atoms with van der Waals surface area (Å²) in [4.78, 5) is 1.98. The molecular weight excluding hydrogens is 336 g/mol. The molecule has 9 heteroatoms. The van der Waals surface area contributed by atoms with Crippen LogP contribution in [0.1, 0.15) is 12.8 Å². The first-order chi connectivity index (χ1) is 10.8. The van der Waals surface area contributed by atoms with Crippen molar-refractivity contribution in [1.82, 2.24) is 4.90 Å². The maximum atomic E-state index is 11.6. The van der Waals surface area contributed by atoms with Crippen LogP contribution in [-0.4, -0.2) is 54.5 Å². The van der Waals surface area contributed by atoms with Crippen molar-refractivity contribution < 1.29 is 12.6 Å². The molecule has 1 saturated heterocycles. The van der Waals surface area contributed by atoms with Gasteiger partial charge in [0.25, 0.3) is 0 Å². The van der Waals surface area contributed by atoms with E-state index in [9.17, 15) is 12.6 Å². The van der Waals surface area contributed by atoms with E-state index in [1.807, 2.05) is 0 Å². The van der Waals surface area contributed by atoms with Crippen LogP contribution in [0.4, 0.5) is 0 Å². The van der Waals surface area contributed by atoms with Crippen molar-refractivity contribution in [1.29, 1.82) is 5.41 Å². The summed E-state index contributed by atoms with van der Waals surface area (Å²) in [5.74, 6) is 6.91. The van der Waals surface area contributed by atoms with E-state index in [0.29, 0.717) is 36.5 Å². The van der Waals surface area contributed by atoms with E-state index in [1.165, 1.54) is 6.08 Å². The van der Waals surface area contributed by atoms with Gasteiger partial charge in [0, 0.05) is 46.5 Å². The standard InChI is InChI=1S/C14H20N4O3S2/c15-14(16)13-11(3-1-5-12(13)23(17,20)21)4-2-6-18-7-9-22(19)10-8-18/h5H,1,3,6-10H2,(H3,15,16)(H2,17,20,21). The van der Waals surface area contributed by atoms with Crippen molar-refractivity contribution in [3.8, 4) is 11.8 Å². The van der Waals surface area contributed by atoms with Crippen LogP contribution in [0.2, 0.25) is 0 Å². The Labute approximate surface area is 138 Å². The van der Waals surface area contributed by atoms with Crippen LogP contribution in [0.3, 0.4) is 0 Å². The fraction of sp³-hybridized carbons (Fsp3) is 0.500. The summed E-state index contributed by atoms with van der Waals surface area (Å²) in [6.07, 6.45) is 2.51. The van der Waals surface area contributed by atoms with E-state index in [0.717, 1.165) is 13.1 Å². The largest absolute Gasteiger partial charge is 0.384 e. The zero-order chi connectivity index (χ0) is 17.0. The summed E-state index contributed by atoms with van der Waals surface area (Å²) >= 11 is 0. The number of nitrogens with zero attached hydrogens (tertiary/aromatic N) is 1. The molecule has 2 aliphatic rings. The molecule has 0 aromatic carbocycles. The van der Waals surface area contributed by atoms with Crippen LogP contribution >= 0.6 is 0 Å². The summed E-state index contributed by atoms with van der Waals surface area (Å²) in [7, 11) is -4.66. The molecule has 23 heavy (non-hydrogen) atoms. The SMILES string of the molecule is N=C(N)C1=C(C#CCN2CCS(=O)CC2)CCC=C1S(N)(=O)=O. The fourth-order valence-corrected chi connectivity index (χ4v) is 4.49. The van der Waals surface area contributed by atoms with Crippen molar-refractivity contribution >= 4 is 26.7 Å². The maximum absolute atomic E-state index is 11.6. The van der Waals surface area contributed by atoms with Gasteiger partial charge in [0.15, 0.2) is 0 Å². The average Bonchev–Trinajstić information content (AvgIpc) is 2.48. The highest BCUT2D eigenvalue weighted by atomic mass is 32.2. The first kappa shape index (κ1) is 17.9. The first-order valence-corrected chi connectivity index (χ1v) is 10.2. The number of nitrogens with one attached hydrogen (secondary N) is 1. The van der Waals surface area contributed by atoms with Crippen LogP contribution in [0.25, 0.3) is 0 Å². The normalized spacial score (nSPS) is 20.7. The number of allylic oxidation sites excluding steroid dienone is 2. The smallest absolute Gasteiger partial charge is 0.238 e. The van der Waals surface area contributed by atoms with E-state index in [-0.39, 0.29) is 16.3 Å². The monoisotopic (exact) mass is 356 g/mol.